The molecule has 2 aromatic carbocycles. The number of nitrogens with zero attached hydrogens (tertiary/aromatic N) is 2. The average molecular weight is 375 g/mol. The first-order valence-electron chi connectivity index (χ1n) is 7.59. The Hall–Kier alpha value is -3.06. The van der Waals surface area contributed by atoms with Crippen molar-refractivity contribution in [3.63, 3.8) is 0 Å². The van der Waals surface area contributed by atoms with E-state index in [2.05, 4.69) is 20.6 Å². The molecular weight excluding hydrogens is 362 g/mol. The third kappa shape index (κ3) is 4.52. The van der Waals surface area contributed by atoms with Gasteiger partial charge in [-0.1, -0.05) is 23.7 Å². The first kappa shape index (κ1) is 17.8. The molecular formula is C18H13ClF2N4O. The minimum atomic E-state index is -0.570. The molecule has 26 heavy (non-hydrogen) atoms. The molecule has 3 rings (SSSR count). The molecule has 0 saturated carbocycles. The SMILES string of the molecule is O=C(Nc1ccc(F)c(Cl)c1)c1ccnc(NCc2ccc(F)cc2)n1. The summed E-state index contributed by atoms with van der Waals surface area (Å²) < 4.78 is 26.1. The highest BCUT2D eigenvalue weighted by Gasteiger charge is 2.10. The van der Waals surface area contributed by atoms with Gasteiger partial charge in [-0.25, -0.2) is 18.7 Å². The number of benzene rings is 2. The van der Waals surface area contributed by atoms with Crippen molar-refractivity contribution in [2.75, 3.05) is 10.6 Å². The number of carbonyl (C=O) groups is 1. The van der Waals surface area contributed by atoms with E-state index >= 15 is 0 Å². The van der Waals surface area contributed by atoms with Crippen LogP contribution in [0.5, 0.6) is 0 Å². The number of rotatable bonds is 5. The molecule has 1 heterocycles. The molecule has 0 atom stereocenters. The minimum absolute atomic E-state index is 0.0906. The number of hydrogen-bond donors (Lipinski definition) is 2. The van der Waals surface area contributed by atoms with E-state index in [4.69, 9.17) is 11.6 Å². The normalized spacial score (nSPS) is 10.4. The van der Waals surface area contributed by atoms with Crippen LogP contribution in [0.25, 0.3) is 0 Å². The second kappa shape index (κ2) is 7.88. The van der Waals surface area contributed by atoms with Crippen molar-refractivity contribution in [3.05, 3.63) is 82.6 Å². The van der Waals surface area contributed by atoms with E-state index < -0.39 is 11.7 Å². The van der Waals surface area contributed by atoms with Crippen LogP contribution < -0.4 is 10.6 Å². The lowest BCUT2D eigenvalue weighted by Gasteiger charge is -2.08. The maximum absolute atomic E-state index is 13.2. The monoisotopic (exact) mass is 374 g/mol. The molecule has 0 aliphatic rings. The van der Waals surface area contributed by atoms with Gasteiger partial charge in [0.05, 0.1) is 5.02 Å². The van der Waals surface area contributed by atoms with Gasteiger partial charge < -0.3 is 10.6 Å². The predicted octanol–water partition coefficient (Wildman–Crippen LogP) is 4.27. The Bertz CT molecular complexity index is 935. The van der Waals surface area contributed by atoms with Crippen LogP contribution >= 0.6 is 11.6 Å². The van der Waals surface area contributed by atoms with E-state index in [9.17, 15) is 13.6 Å². The molecule has 5 nitrogen and oxygen atoms in total. The van der Waals surface area contributed by atoms with Crippen LogP contribution in [-0.2, 0) is 6.54 Å². The van der Waals surface area contributed by atoms with Gasteiger partial charge in [-0.05, 0) is 42.0 Å². The lowest BCUT2D eigenvalue weighted by molar-refractivity contribution is 0.102. The van der Waals surface area contributed by atoms with E-state index in [-0.39, 0.29) is 22.5 Å². The standard InChI is InChI=1S/C18H13ClF2N4O/c19-14-9-13(5-6-15(14)21)24-17(26)16-7-8-22-18(25-16)23-10-11-1-3-12(20)4-2-11/h1-9H,10H2,(H,24,26)(H,22,23,25). The van der Waals surface area contributed by atoms with Crippen molar-refractivity contribution in [2.24, 2.45) is 0 Å². The molecule has 2 N–H and O–H groups in total. The van der Waals surface area contributed by atoms with E-state index in [1.54, 1.807) is 12.1 Å². The molecule has 0 spiro atoms. The number of amides is 1. The fourth-order valence-electron chi connectivity index (χ4n) is 2.12. The highest BCUT2D eigenvalue weighted by molar-refractivity contribution is 6.31. The van der Waals surface area contributed by atoms with Crippen LogP contribution in [-0.4, -0.2) is 15.9 Å². The molecule has 132 valence electrons. The third-order valence-corrected chi connectivity index (χ3v) is 3.72. The highest BCUT2D eigenvalue weighted by atomic mass is 35.5. The highest BCUT2D eigenvalue weighted by Crippen LogP contribution is 2.19. The summed E-state index contributed by atoms with van der Waals surface area (Å²) in [5.74, 6) is -1.12. The predicted molar refractivity (Wildman–Crippen MR) is 95.1 cm³/mol. The average Bonchev–Trinajstić information content (AvgIpc) is 2.64. The van der Waals surface area contributed by atoms with Gasteiger partial charge in [0.25, 0.3) is 5.91 Å². The summed E-state index contributed by atoms with van der Waals surface area (Å²) in [6.07, 6.45) is 1.44. The van der Waals surface area contributed by atoms with Crippen LogP contribution in [0.4, 0.5) is 20.4 Å². The molecule has 0 aliphatic carbocycles. The quantitative estimate of drug-likeness (QED) is 0.699. The molecule has 1 amide bonds. The van der Waals surface area contributed by atoms with Crippen LogP contribution in [0.1, 0.15) is 16.1 Å². The third-order valence-electron chi connectivity index (χ3n) is 3.43. The number of anilines is 2. The van der Waals surface area contributed by atoms with Crippen LogP contribution in [0.2, 0.25) is 5.02 Å². The van der Waals surface area contributed by atoms with Gasteiger partial charge in [0, 0.05) is 18.4 Å². The van der Waals surface area contributed by atoms with E-state index in [1.165, 1.54) is 36.5 Å². The fourth-order valence-corrected chi connectivity index (χ4v) is 2.30. The molecule has 0 bridgehead atoms. The summed E-state index contributed by atoms with van der Waals surface area (Å²) in [5, 5.41) is 5.45. The van der Waals surface area contributed by atoms with E-state index in [0.717, 1.165) is 11.6 Å². The topological polar surface area (TPSA) is 66.9 Å². The number of nitrogens with one attached hydrogen (secondary N) is 2. The molecule has 1 aromatic heterocycles. The Kier molecular flexibility index (Phi) is 5.38. The van der Waals surface area contributed by atoms with Crippen molar-refractivity contribution in [1.29, 1.82) is 0 Å². The lowest BCUT2D eigenvalue weighted by atomic mass is 10.2. The van der Waals surface area contributed by atoms with Gasteiger partial charge in [0.1, 0.15) is 17.3 Å². The van der Waals surface area contributed by atoms with Crippen molar-refractivity contribution >= 4 is 29.1 Å². The number of aromatic nitrogens is 2. The van der Waals surface area contributed by atoms with Gasteiger partial charge in [-0.2, -0.15) is 0 Å². The summed E-state index contributed by atoms with van der Waals surface area (Å²) in [7, 11) is 0. The Morgan fingerprint density at radius 2 is 1.85 bits per heavy atom. The summed E-state index contributed by atoms with van der Waals surface area (Å²) in [5.41, 5.74) is 1.31. The smallest absolute Gasteiger partial charge is 0.274 e. The van der Waals surface area contributed by atoms with Crippen molar-refractivity contribution in [2.45, 2.75) is 6.54 Å². The largest absolute Gasteiger partial charge is 0.350 e. The Morgan fingerprint density at radius 3 is 2.58 bits per heavy atom. The van der Waals surface area contributed by atoms with Crippen LogP contribution in [0.3, 0.4) is 0 Å². The van der Waals surface area contributed by atoms with Gasteiger partial charge in [0.2, 0.25) is 5.95 Å². The van der Waals surface area contributed by atoms with Crippen molar-refractivity contribution < 1.29 is 13.6 Å². The maximum atomic E-state index is 13.2. The van der Waals surface area contributed by atoms with Gasteiger partial charge in [-0.15, -0.1) is 0 Å². The van der Waals surface area contributed by atoms with Crippen molar-refractivity contribution in [3.8, 4) is 0 Å². The molecule has 8 heteroatoms. The van der Waals surface area contributed by atoms with Gasteiger partial charge in [0.15, 0.2) is 0 Å². The molecule has 0 aliphatic heterocycles. The zero-order valence-corrected chi connectivity index (χ0v) is 14.1. The Morgan fingerprint density at radius 1 is 1.08 bits per heavy atom. The summed E-state index contributed by atoms with van der Waals surface area (Å²) in [6, 6.07) is 11.3. The summed E-state index contributed by atoms with van der Waals surface area (Å²) in [4.78, 5) is 20.4. The zero-order valence-electron chi connectivity index (χ0n) is 13.3. The molecule has 0 fully saturated rings. The van der Waals surface area contributed by atoms with Crippen LogP contribution in [0.15, 0.2) is 54.7 Å². The summed E-state index contributed by atoms with van der Waals surface area (Å²) in [6.45, 7) is 0.374. The molecule has 0 saturated heterocycles. The minimum Gasteiger partial charge on any atom is -0.350 e. The lowest BCUT2D eigenvalue weighted by Crippen LogP contribution is -2.15. The van der Waals surface area contributed by atoms with E-state index in [0.29, 0.717) is 12.2 Å². The van der Waals surface area contributed by atoms with Crippen molar-refractivity contribution in [1.82, 2.24) is 9.97 Å². The maximum Gasteiger partial charge on any atom is 0.274 e. The van der Waals surface area contributed by atoms with Gasteiger partial charge in [-0.3, -0.25) is 4.79 Å². The molecule has 0 radical (unpaired) electrons. The fraction of sp³-hybridized carbons (Fsp3) is 0.0556. The molecule has 3 aromatic rings. The molecule has 0 unspecified atom stereocenters. The summed E-state index contributed by atoms with van der Waals surface area (Å²) >= 11 is 5.69. The van der Waals surface area contributed by atoms with E-state index in [1.807, 2.05) is 0 Å². The number of hydrogen-bond acceptors (Lipinski definition) is 4. The Labute approximate surface area is 153 Å². The number of halogens is 3. The number of carbonyl (C=O) groups excluding carboxylic acids is 1. The first-order chi connectivity index (χ1) is 12.5. The first-order valence-corrected chi connectivity index (χ1v) is 7.97. The second-order valence-electron chi connectivity index (χ2n) is 5.33. The van der Waals surface area contributed by atoms with Gasteiger partial charge >= 0.3 is 0 Å². The second-order valence-corrected chi connectivity index (χ2v) is 5.74. The van der Waals surface area contributed by atoms with Crippen LogP contribution in [0, 0.1) is 11.6 Å². The Balaban J connectivity index is 1.66. The zero-order chi connectivity index (χ0) is 18.5.